The van der Waals surface area contributed by atoms with E-state index in [2.05, 4.69) is 6.58 Å². The predicted molar refractivity (Wildman–Crippen MR) is 187 cm³/mol. The van der Waals surface area contributed by atoms with Crippen LogP contribution in [-0.4, -0.2) is 93.9 Å². The lowest BCUT2D eigenvalue weighted by molar-refractivity contribution is -0.194. The van der Waals surface area contributed by atoms with Crippen molar-refractivity contribution in [3.8, 4) is 0 Å². The molecule has 1 aromatic carbocycles. The first kappa shape index (κ1) is 42.8. The molecule has 292 valence electrons. The van der Waals surface area contributed by atoms with Crippen LogP contribution in [0.1, 0.15) is 86.0 Å². The summed E-state index contributed by atoms with van der Waals surface area (Å²) in [4.78, 5) is 78.0. The van der Waals surface area contributed by atoms with Crippen LogP contribution >= 0.6 is 0 Å². The summed E-state index contributed by atoms with van der Waals surface area (Å²) >= 11 is 0. The number of ether oxygens (including phenoxy) is 6. The molecule has 10 atom stereocenters. The Bertz CT molecular complexity index is 1600. The number of benzene rings is 1. The highest BCUT2D eigenvalue weighted by molar-refractivity contribution is 5.89. The summed E-state index contributed by atoms with van der Waals surface area (Å²) in [5.74, 6) is -8.37. The van der Waals surface area contributed by atoms with E-state index in [1.807, 2.05) is 0 Å². The Labute approximate surface area is 309 Å². The topological polar surface area (TPSA) is 198 Å². The molecule has 0 spiro atoms. The summed E-state index contributed by atoms with van der Waals surface area (Å²) in [6, 6.07) is 7.80. The van der Waals surface area contributed by atoms with Gasteiger partial charge in [-0.05, 0) is 19.1 Å². The van der Waals surface area contributed by atoms with Gasteiger partial charge in [-0.2, -0.15) is 0 Å². The van der Waals surface area contributed by atoms with Gasteiger partial charge >= 0.3 is 35.8 Å². The highest BCUT2D eigenvalue weighted by Crippen LogP contribution is 2.54. The largest absolute Gasteiger partial charge is 0.459 e. The minimum absolute atomic E-state index is 0.0857. The maximum atomic E-state index is 13.8. The van der Waals surface area contributed by atoms with Crippen LogP contribution in [0.5, 0.6) is 0 Å². The lowest BCUT2D eigenvalue weighted by atomic mass is 9.71. The number of esters is 6. The summed E-state index contributed by atoms with van der Waals surface area (Å²) in [6.07, 6.45) is -7.41. The van der Waals surface area contributed by atoms with E-state index in [1.54, 1.807) is 51.1 Å². The zero-order valence-corrected chi connectivity index (χ0v) is 31.9. The fraction of sp³-hybridized carbons (Fsp3) is 0.590. The molecule has 2 aliphatic carbocycles. The van der Waals surface area contributed by atoms with Crippen LogP contribution < -0.4 is 0 Å². The normalized spacial score (nSPS) is 33.2. The van der Waals surface area contributed by atoms with Gasteiger partial charge in [-0.25, -0.2) is 4.79 Å². The van der Waals surface area contributed by atoms with Gasteiger partial charge in [-0.15, -0.1) is 0 Å². The summed E-state index contributed by atoms with van der Waals surface area (Å²) in [5, 5.41) is 25.2. The number of hydrogen-bond donors (Lipinski definition) is 2. The molecule has 1 fully saturated rings. The second-order valence-electron chi connectivity index (χ2n) is 15.0. The fourth-order valence-electron chi connectivity index (χ4n) is 7.30. The van der Waals surface area contributed by atoms with Gasteiger partial charge in [0.1, 0.15) is 35.6 Å². The molecule has 0 amide bonds. The summed E-state index contributed by atoms with van der Waals surface area (Å²) in [6.45, 7) is 17.9. The number of fused-ring (bicyclic) bond motifs is 1. The monoisotopic (exact) mass is 744 g/mol. The highest BCUT2D eigenvalue weighted by atomic mass is 16.6. The van der Waals surface area contributed by atoms with Gasteiger partial charge in [0.2, 0.25) is 0 Å². The lowest BCUT2D eigenvalue weighted by Gasteiger charge is -2.45. The van der Waals surface area contributed by atoms with E-state index in [0.717, 1.165) is 27.7 Å². The SMILES string of the molecule is C=C1[C@H](OC(=O)C(C)C)[C@@H](O)[C@@H](OC(C)=O)C(C)(C)/C=C\[C@H](C)[C@H](OC(C)=O)[C@@]2(O)C[C@@](C)(OC(C)=O)[C@H](OC(=O)c3ccccc3)[C@@H]2[C@H]1OC(C)=O. The Hall–Kier alpha value is -4.56. The van der Waals surface area contributed by atoms with E-state index in [1.165, 1.54) is 32.9 Å². The molecule has 0 saturated heterocycles. The maximum Gasteiger partial charge on any atom is 0.338 e. The molecular weight excluding hydrogens is 692 g/mol. The third-order valence-electron chi connectivity index (χ3n) is 9.56. The van der Waals surface area contributed by atoms with Crippen LogP contribution in [0, 0.1) is 23.2 Å². The van der Waals surface area contributed by atoms with Crippen LogP contribution in [-0.2, 0) is 52.4 Å². The fourth-order valence-corrected chi connectivity index (χ4v) is 7.30. The van der Waals surface area contributed by atoms with Crippen molar-refractivity contribution in [2.24, 2.45) is 23.2 Å². The molecule has 0 bridgehead atoms. The molecule has 14 heteroatoms. The van der Waals surface area contributed by atoms with Crippen molar-refractivity contribution in [1.82, 2.24) is 0 Å². The zero-order valence-electron chi connectivity index (χ0n) is 31.9. The number of aliphatic hydroxyl groups is 2. The van der Waals surface area contributed by atoms with E-state index in [4.69, 9.17) is 28.4 Å². The van der Waals surface area contributed by atoms with Crippen molar-refractivity contribution in [1.29, 1.82) is 0 Å². The predicted octanol–water partition coefficient (Wildman–Crippen LogP) is 3.80. The molecule has 0 radical (unpaired) electrons. The molecule has 53 heavy (non-hydrogen) atoms. The number of rotatable bonds is 8. The van der Waals surface area contributed by atoms with Crippen molar-refractivity contribution in [3.63, 3.8) is 0 Å². The Morgan fingerprint density at radius 2 is 1.32 bits per heavy atom. The zero-order chi connectivity index (χ0) is 40.2. The van der Waals surface area contributed by atoms with Gasteiger partial charge in [0, 0.05) is 51.0 Å². The minimum atomic E-state index is -2.36. The average Bonchev–Trinajstić information content (AvgIpc) is 3.26. The Morgan fingerprint density at radius 1 is 0.774 bits per heavy atom. The molecule has 1 saturated carbocycles. The Morgan fingerprint density at radius 3 is 1.83 bits per heavy atom. The van der Waals surface area contributed by atoms with E-state index in [9.17, 15) is 39.0 Å². The second-order valence-corrected chi connectivity index (χ2v) is 15.0. The van der Waals surface area contributed by atoms with Crippen LogP contribution in [0.2, 0.25) is 0 Å². The third-order valence-corrected chi connectivity index (χ3v) is 9.56. The van der Waals surface area contributed by atoms with Gasteiger partial charge in [-0.3, -0.25) is 24.0 Å². The van der Waals surface area contributed by atoms with Gasteiger partial charge < -0.3 is 38.6 Å². The second kappa shape index (κ2) is 16.6. The summed E-state index contributed by atoms with van der Waals surface area (Å²) in [7, 11) is 0. The van der Waals surface area contributed by atoms with Gasteiger partial charge in [0.05, 0.1) is 17.4 Å². The van der Waals surface area contributed by atoms with Gasteiger partial charge in [0.15, 0.2) is 12.2 Å². The van der Waals surface area contributed by atoms with Gasteiger partial charge in [0.25, 0.3) is 0 Å². The lowest BCUT2D eigenvalue weighted by Crippen LogP contribution is -2.59. The van der Waals surface area contributed by atoms with E-state index in [0.29, 0.717) is 0 Å². The molecule has 2 aliphatic rings. The first-order valence-electron chi connectivity index (χ1n) is 17.4. The van der Waals surface area contributed by atoms with Crippen molar-refractivity contribution < 1.29 is 67.4 Å². The van der Waals surface area contributed by atoms with Crippen LogP contribution in [0.15, 0.2) is 54.6 Å². The standard InChI is InChI=1S/C39H52O14/c1-20(2)35(45)51-31-22(4)30(48-23(5)40)28-33(52-36(46)27-15-13-12-14-16-27)38(11,53-26(8)43)19-39(28,47)32(49-24(6)41)21(3)17-18-37(9,10)34(29(31)44)50-25(7)42/h12-18,20-21,28-34,44,47H,4,19H2,1-3,5-11H3/b18-17-/t21-,28-,29+,30-,31-,32-,33+,34+,38+,39+/m0/s1. The van der Waals surface area contributed by atoms with E-state index < -0.39 is 113 Å². The quantitative estimate of drug-likeness (QED) is 0.221. The highest BCUT2D eigenvalue weighted by Gasteiger charge is 2.70. The average molecular weight is 745 g/mol. The molecule has 14 nitrogen and oxygen atoms in total. The molecule has 0 aromatic heterocycles. The summed E-state index contributed by atoms with van der Waals surface area (Å²) in [5.41, 5.74) is -5.69. The number of carbonyl (C=O) groups is 6. The minimum Gasteiger partial charge on any atom is -0.459 e. The third kappa shape index (κ3) is 9.71. The Balaban J connectivity index is 2.51. The van der Waals surface area contributed by atoms with Crippen LogP contribution in [0.4, 0.5) is 0 Å². The van der Waals surface area contributed by atoms with E-state index in [-0.39, 0.29) is 11.1 Å². The van der Waals surface area contributed by atoms with Crippen LogP contribution in [0.25, 0.3) is 0 Å². The molecule has 0 aliphatic heterocycles. The number of aliphatic hydroxyl groups excluding tert-OH is 1. The van der Waals surface area contributed by atoms with Crippen molar-refractivity contribution in [2.45, 2.75) is 123 Å². The Kier molecular flexibility index (Phi) is 13.4. The summed E-state index contributed by atoms with van der Waals surface area (Å²) < 4.78 is 35.1. The maximum absolute atomic E-state index is 13.8. The van der Waals surface area contributed by atoms with Crippen LogP contribution in [0.3, 0.4) is 0 Å². The molecule has 2 N–H and O–H groups in total. The molecule has 3 rings (SSSR count). The number of hydrogen-bond acceptors (Lipinski definition) is 14. The number of carbonyl (C=O) groups excluding carboxylic acids is 6. The first-order chi connectivity index (χ1) is 24.4. The molecule has 0 heterocycles. The molecule has 0 unspecified atom stereocenters. The molecular formula is C39H52O14. The van der Waals surface area contributed by atoms with Crippen molar-refractivity contribution in [2.75, 3.05) is 0 Å². The van der Waals surface area contributed by atoms with E-state index >= 15 is 0 Å². The smallest absolute Gasteiger partial charge is 0.338 e. The molecule has 1 aromatic rings. The van der Waals surface area contributed by atoms with Crippen molar-refractivity contribution in [3.05, 3.63) is 60.2 Å². The van der Waals surface area contributed by atoms with Gasteiger partial charge in [-0.1, -0.05) is 71.5 Å². The first-order valence-corrected chi connectivity index (χ1v) is 17.4. The van der Waals surface area contributed by atoms with Crippen molar-refractivity contribution >= 4 is 35.8 Å².